The maximum Gasteiger partial charge on any atom is 0.288 e. The van der Waals surface area contributed by atoms with E-state index in [1.54, 1.807) is 24.3 Å². The molecule has 1 aliphatic rings. The van der Waals surface area contributed by atoms with Gasteiger partial charge in [0.2, 0.25) is 0 Å². The highest BCUT2D eigenvalue weighted by Crippen LogP contribution is 2.25. The lowest BCUT2D eigenvalue weighted by Gasteiger charge is -2.36. The number of thioether (sulfide) groups is 1. The molecular weight excluding hydrogens is 334 g/mol. The van der Waals surface area contributed by atoms with Gasteiger partial charge in [-0.1, -0.05) is 25.6 Å². The van der Waals surface area contributed by atoms with Crippen LogP contribution in [0.25, 0.3) is 0 Å². The lowest BCUT2D eigenvalue weighted by atomic mass is 10.0. The van der Waals surface area contributed by atoms with Gasteiger partial charge in [0, 0.05) is 36.1 Å². The summed E-state index contributed by atoms with van der Waals surface area (Å²) in [6.45, 7) is 8.03. The number of nitrogens with one attached hydrogen (secondary N) is 1. The van der Waals surface area contributed by atoms with Crippen LogP contribution in [0.15, 0.2) is 29.2 Å². The standard InChI is InChI=1S/C17H24F2N2O2S/c1-12(2)15(21-7-9-23-10-8-21)11-20-16(22)13-3-5-14(6-4-13)24-17(18)19/h3-6,12,15,17H,7-11H2,1-2H3,(H,20,22). The first-order valence-electron chi connectivity index (χ1n) is 8.12. The Labute approximate surface area is 145 Å². The fourth-order valence-corrected chi connectivity index (χ4v) is 3.28. The van der Waals surface area contributed by atoms with Crippen molar-refractivity contribution < 1.29 is 18.3 Å². The fraction of sp³-hybridized carbons (Fsp3) is 0.588. The second-order valence-electron chi connectivity index (χ2n) is 6.07. The van der Waals surface area contributed by atoms with Crippen molar-refractivity contribution in [2.24, 2.45) is 5.92 Å². The Hall–Kier alpha value is -1.18. The summed E-state index contributed by atoms with van der Waals surface area (Å²) in [5.74, 6) is -2.22. The van der Waals surface area contributed by atoms with Crippen molar-refractivity contribution in [2.45, 2.75) is 30.5 Å². The van der Waals surface area contributed by atoms with Crippen molar-refractivity contribution in [2.75, 3.05) is 32.8 Å². The predicted molar refractivity (Wildman–Crippen MR) is 91.7 cm³/mol. The molecule has 1 saturated heterocycles. The second kappa shape index (κ2) is 9.34. The highest BCUT2D eigenvalue weighted by molar-refractivity contribution is 7.99. The number of carbonyl (C=O) groups excluding carboxylic acids is 1. The molecule has 1 unspecified atom stereocenters. The molecule has 0 saturated carbocycles. The summed E-state index contributed by atoms with van der Waals surface area (Å²) in [6.07, 6.45) is 0. The zero-order valence-electron chi connectivity index (χ0n) is 14.0. The Morgan fingerprint density at radius 3 is 2.42 bits per heavy atom. The summed E-state index contributed by atoms with van der Waals surface area (Å²) in [6, 6.07) is 6.52. The Kier molecular flexibility index (Phi) is 7.45. The molecule has 1 aromatic carbocycles. The van der Waals surface area contributed by atoms with Gasteiger partial charge in [0.1, 0.15) is 0 Å². The molecule has 1 N–H and O–H groups in total. The number of amides is 1. The number of alkyl halides is 2. The molecule has 2 rings (SSSR count). The van der Waals surface area contributed by atoms with E-state index in [1.807, 2.05) is 0 Å². The molecular formula is C17H24F2N2O2S. The van der Waals surface area contributed by atoms with Gasteiger partial charge in [0.25, 0.3) is 11.7 Å². The minimum Gasteiger partial charge on any atom is -0.379 e. The van der Waals surface area contributed by atoms with Crippen molar-refractivity contribution in [1.82, 2.24) is 10.2 Å². The molecule has 24 heavy (non-hydrogen) atoms. The van der Waals surface area contributed by atoms with E-state index in [2.05, 4.69) is 24.1 Å². The van der Waals surface area contributed by atoms with E-state index in [4.69, 9.17) is 4.74 Å². The number of benzene rings is 1. The van der Waals surface area contributed by atoms with Crippen molar-refractivity contribution in [3.8, 4) is 0 Å². The van der Waals surface area contributed by atoms with Crippen molar-refractivity contribution >= 4 is 17.7 Å². The smallest absolute Gasteiger partial charge is 0.288 e. The molecule has 1 aliphatic heterocycles. The highest BCUT2D eigenvalue weighted by atomic mass is 32.2. The van der Waals surface area contributed by atoms with Gasteiger partial charge in [-0.2, -0.15) is 8.78 Å². The van der Waals surface area contributed by atoms with Crippen molar-refractivity contribution in [1.29, 1.82) is 0 Å². The molecule has 0 bridgehead atoms. The SMILES string of the molecule is CC(C)C(CNC(=O)c1ccc(SC(F)F)cc1)N1CCOCC1. The quantitative estimate of drug-likeness (QED) is 0.761. The topological polar surface area (TPSA) is 41.6 Å². The van der Waals surface area contributed by atoms with Crippen LogP contribution in [0.1, 0.15) is 24.2 Å². The number of rotatable bonds is 7. The van der Waals surface area contributed by atoms with Gasteiger partial charge in [0.05, 0.1) is 13.2 Å². The first-order chi connectivity index (χ1) is 11.5. The van der Waals surface area contributed by atoms with Crippen LogP contribution in [0.3, 0.4) is 0 Å². The third kappa shape index (κ3) is 5.72. The van der Waals surface area contributed by atoms with E-state index in [1.165, 1.54) is 0 Å². The Bertz CT molecular complexity index is 520. The van der Waals surface area contributed by atoms with Crippen molar-refractivity contribution in [3.05, 3.63) is 29.8 Å². The van der Waals surface area contributed by atoms with E-state index in [0.717, 1.165) is 26.3 Å². The summed E-state index contributed by atoms with van der Waals surface area (Å²) in [4.78, 5) is 15.1. The Morgan fingerprint density at radius 1 is 1.25 bits per heavy atom. The lowest BCUT2D eigenvalue weighted by Crippen LogP contribution is -2.51. The Balaban J connectivity index is 1.90. The van der Waals surface area contributed by atoms with Gasteiger partial charge in [-0.3, -0.25) is 9.69 Å². The molecule has 7 heteroatoms. The van der Waals surface area contributed by atoms with E-state index < -0.39 is 5.76 Å². The molecule has 0 radical (unpaired) electrons. The maximum atomic E-state index is 12.3. The molecule has 1 fully saturated rings. The monoisotopic (exact) mass is 358 g/mol. The third-order valence-corrected chi connectivity index (χ3v) is 4.82. The van der Waals surface area contributed by atoms with Crippen LogP contribution in [0.2, 0.25) is 0 Å². The molecule has 0 aliphatic carbocycles. The number of hydrogen-bond acceptors (Lipinski definition) is 4. The van der Waals surface area contributed by atoms with Gasteiger partial charge in [-0.05, 0) is 30.2 Å². The molecule has 1 aromatic rings. The first kappa shape index (κ1) is 19.1. The number of ether oxygens (including phenoxy) is 1. The summed E-state index contributed by atoms with van der Waals surface area (Å²) >= 11 is 0.476. The number of hydrogen-bond donors (Lipinski definition) is 1. The average molecular weight is 358 g/mol. The number of morpholine rings is 1. The Morgan fingerprint density at radius 2 is 1.88 bits per heavy atom. The minimum atomic E-state index is -2.45. The molecule has 4 nitrogen and oxygen atoms in total. The largest absolute Gasteiger partial charge is 0.379 e. The van der Waals surface area contributed by atoms with Gasteiger partial charge >= 0.3 is 0 Å². The van der Waals surface area contributed by atoms with Crippen LogP contribution in [0, 0.1) is 5.92 Å². The van der Waals surface area contributed by atoms with Gasteiger partial charge in [-0.25, -0.2) is 0 Å². The van der Waals surface area contributed by atoms with Crippen LogP contribution in [-0.4, -0.2) is 55.5 Å². The zero-order valence-corrected chi connectivity index (χ0v) is 14.8. The fourth-order valence-electron chi connectivity index (χ4n) is 2.78. The van der Waals surface area contributed by atoms with E-state index in [0.29, 0.717) is 34.7 Å². The zero-order chi connectivity index (χ0) is 17.5. The lowest BCUT2D eigenvalue weighted by molar-refractivity contribution is 0.00673. The van der Waals surface area contributed by atoms with Crippen LogP contribution in [0.4, 0.5) is 8.78 Å². The average Bonchev–Trinajstić information content (AvgIpc) is 2.55. The van der Waals surface area contributed by atoms with Gasteiger partial charge in [-0.15, -0.1) is 0 Å². The third-order valence-electron chi connectivity index (χ3n) is 4.10. The normalized spacial score (nSPS) is 17.2. The van der Waals surface area contributed by atoms with Crippen LogP contribution in [0.5, 0.6) is 0 Å². The van der Waals surface area contributed by atoms with Crippen LogP contribution >= 0.6 is 11.8 Å². The summed E-state index contributed by atoms with van der Waals surface area (Å²) in [5.41, 5.74) is 0.484. The molecule has 0 spiro atoms. The first-order valence-corrected chi connectivity index (χ1v) is 9.00. The maximum absolute atomic E-state index is 12.3. The van der Waals surface area contributed by atoms with E-state index in [9.17, 15) is 13.6 Å². The summed E-state index contributed by atoms with van der Waals surface area (Å²) in [7, 11) is 0. The number of nitrogens with zero attached hydrogens (tertiary/aromatic N) is 1. The van der Waals surface area contributed by atoms with E-state index in [-0.39, 0.29) is 11.9 Å². The second-order valence-corrected chi connectivity index (χ2v) is 7.14. The predicted octanol–water partition coefficient (Wildman–Crippen LogP) is 3.09. The highest BCUT2D eigenvalue weighted by Gasteiger charge is 2.24. The molecule has 1 amide bonds. The van der Waals surface area contributed by atoms with Crippen LogP contribution in [-0.2, 0) is 4.74 Å². The van der Waals surface area contributed by atoms with Crippen molar-refractivity contribution in [3.63, 3.8) is 0 Å². The molecule has 1 heterocycles. The number of halogens is 2. The molecule has 0 aromatic heterocycles. The van der Waals surface area contributed by atoms with Gasteiger partial charge in [0.15, 0.2) is 0 Å². The summed E-state index contributed by atoms with van der Waals surface area (Å²) in [5, 5.41) is 2.96. The molecule has 1 atom stereocenters. The van der Waals surface area contributed by atoms with E-state index >= 15 is 0 Å². The number of carbonyl (C=O) groups is 1. The molecule has 134 valence electrons. The van der Waals surface area contributed by atoms with Gasteiger partial charge < -0.3 is 10.1 Å². The summed E-state index contributed by atoms with van der Waals surface area (Å²) < 4.78 is 30.0. The van der Waals surface area contributed by atoms with Crippen LogP contribution < -0.4 is 5.32 Å². The minimum absolute atomic E-state index is 0.178.